The first kappa shape index (κ1) is 16.3. The fourth-order valence-corrected chi connectivity index (χ4v) is 5.37. The number of benzene rings is 2. The third-order valence-corrected chi connectivity index (χ3v) is 6.80. The summed E-state index contributed by atoms with van der Waals surface area (Å²) in [4.78, 5) is 0.0986. The van der Waals surface area contributed by atoms with E-state index >= 15 is 0 Å². The van der Waals surface area contributed by atoms with Crippen LogP contribution in [0.3, 0.4) is 0 Å². The Hall–Kier alpha value is -1.58. The highest BCUT2D eigenvalue weighted by atomic mass is 35.5. The molecule has 0 aromatic heterocycles. The lowest BCUT2D eigenvalue weighted by atomic mass is 10.1. The van der Waals surface area contributed by atoms with Gasteiger partial charge in [-0.2, -0.15) is 5.26 Å². The minimum absolute atomic E-state index is 0.0986. The molecule has 0 amide bonds. The van der Waals surface area contributed by atoms with Crippen molar-refractivity contribution < 1.29 is 8.42 Å². The molecule has 0 heterocycles. The molecule has 1 aliphatic rings. The molecule has 1 saturated carbocycles. The van der Waals surface area contributed by atoms with Gasteiger partial charge in [-0.1, -0.05) is 35.3 Å². The van der Waals surface area contributed by atoms with Gasteiger partial charge in [0, 0.05) is 16.0 Å². The Bertz CT molecular complexity index is 906. The predicted octanol–water partition coefficient (Wildman–Crippen LogP) is 3.15. The molecule has 3 rings (SSSR count). The molecule has 4 nitrogen and oxygen atoms in total. The van der Waals surface area contributed by atoms with Crippen LogP contribution < -0.4 is 5.73 Å². The van der Waals surface area contributed by atoms with Crippen molar-refractivity contribution in [1.82, 2.24) is 0 Å². The van der Waals surface area contributed by atoms with Crippen LogP contribution in [0.1, 0.15) is 11.5 Å². The van der Waals surface area contributed by atoms with Crippen molar-refractivity contribution in [2.45, 2.75) is 21.6 Å². The lowest BCUT2D eigenvalue weighted by Crippen LogP contribution is -2.29. The highest BCUT2D eigenvalue weighted by Gasteiger charge is 2.70. The highest BCUT2D eigenvalue weighted by Crippen LogP contribution is 2.55. The Morgan fingerprint density at radius 1 is 1.09 bits per heavy atom. The lowest BCUT2D eigenvalue weighted by Gasteiger charge is -2.04. The smallest absolute Gasteiger partial charge is 0.184 e. The molecule has 0 aliphatic heterocycles. The zero-order valence-electron chi connectivity index (χ0n) is 11.8. The first-order chi connectivity index (χ1) is 10.8. The lowest BCUT2D eigenvalue weighted by molar-refractivity contribution is 0.592. The van der Waals surface area contributed by atoms with Crippen LogP contribution in [0.5, 0.6) is 0 Å². The van der Waals surface area contributed by atoms with Crippen LogP contribution in [-0.4, -0.2) is 19.2 Å². The van der Waals surface area contributed by atoms with Gasteiger partial charge in [0.1, 0.15) is 10.8 Å². The van der Waals surface area contributed by atoms with Crippen LogP contribution in [-0.2, 0) is 9.84 Å². The average molecular weight is 367 g/mol. The summed E-state index contributed by atoms with van der Waals surface area (Å²) in [6.45, 7) is 0. The van der Waals surface area contributed by atoms with Crippen molar-refractivity contribution in [3.05, 3.63) is 64.1 Å². The molecule has 0 bridgehead atoms. The highest BCUT2D eigenvalue weighted by molar-refractivity contribution is 7.92. The number of nitrogens with two attached hydrogens (primary N) is 1. The predicted molar refractivity (Wildman–Crippen MR) is 89.2 cm³/mol. The zero-order valence-corrected chi connectivity index (χ0v) is 14.1. The van der Waals surface area contributed by atoms with E-state index in [0.717, 1.165) is 0 Å². The summed E-state index contributed by atoms with van der Waals surface area (Å²) < 4.78 is 25.7. The van der Waals surface area contributed by atoms with Gasteiger partial charge in [0.15, 0.2) is 9.84 Å². The molecule has 1 aliphatic carbocycles. The molecule has 2 aromatic rings. The Morgan fingerprint density at radius 3 is 2.30 bits per heavy atom. The van der Waals surface area contributed by atoms with Crippen molar-refractivity contribution in [3.8, 4) is 6.07 Å². The molecule has 2 N–H and O–H groups in total. The summed E-state index contributed by atoms with van der Waals surface area (Å²) >= 11 is 11.8. The maximum Gasteiger partial charge on any atom is 0.184 e. The molecule has 7 heteroatoms. The normalized spacial score (nSPS) is 26.5. The number of nitriles is 1. The minimum Gasteiger partial charge on any atom is -0.312 e. The van der Waals surface area contributed by atoms with E-state index in [2.05, 4.69) is 0 Å². The largest absolute Gasteiger partial charge is 0.312 e. The second-order valence-corrected chi connectivity index (χ2v) is 8.44. The number of rotatable bonds is 3. The SMILES string of the molecule is N#CC1(N)C(c2cccc(Cl)c2)C1S(=O)(=O)c1ccc(Cl)cc1. The number of nitrogens with zero attached hydrogens (tertiary/aromatic N) is 1. The quantitative estimate of drug-likeness (QED) is 0.903. The first-order valence-corrected chi connectivity index (χ1v) is 9.06. The number of hydrogen-bond acceptors (Lipinski definition) is 4. The molecular formula is C16H12Cl2N2O2S. The number of halogens is 2. The molecular weight excluding hydrogens is 355 g/mol. The molecule has 2 aromatic carbocycles. The van der Waals surface area contributed by atoms with Gasteiger partial charge in [0.25, 0.3) is 0 Å². The van der Waals surface area contributed by atoms with E-state index in [4.69, 9.17) is 28.9 Å². The van der Waals surface area contributed by atoms with Gasteiger partial charge in [0.2, 0.25) is 0 Å². The maximum absolute atomic E-state index is 12.8. The Balaban J connectivity index is 2.05. The van der Waals surface area contributed by atoms with Crippen LogP contribution in [0.15, 0.2) is 53.4 Å². The first-order valence-electron chi connectivity index (χ1n) is 6.76. The second kappa shape index (κ2) is 5.50. The van der Waals surface area contributed by atoms with Gasteiger partial charge in [0.05, 0.1) is 11.0 Å². The molecule has 1 fully saturated rings. The van der Waals surface area contributed by atoms with Crippen molar-refractivity contribution in [2.75, 3.05) is 0 Å². The van der Waals surface area contributed by atoms with Gasteiger partial charge >= 0.3 is 0 Å². The van der Waals surface area contributed by atoms with E-state index < -0.39 is 26.5 Å². The van der Waals surface area contributed by atoms with Gasteiger partial charge in [-0.3, -0.25) is 0 Å². The molecule has 0 radical (unpaired) electrons. The van der Waals surface area contributed by atoms with Gasteiger partial charge in [-0.05, 0) is 42.0 Å². The van der Waals surface area contributed by atoms with Crippen LogP contribution >= 0.6 is 23.2 Å². The third kappa shape index (κ3) is 2.62. The monoisotopic (exact) mass is 366 g/mol. The Morgan fingerprint density at radius 2 is 1.74 bits per heavy atom. The summed E-state index contributed by atoms with van der Waals surface area (Å²) in [5.41, 5.74) is 5.23. The van der Waals surface area contributed by atoms with Crippen molar-refractivity contribution in [3.63, 3.8) is 0 Å². The minimum atomic E-state index is -3.76. The van der Waals surface area contributed by atoms with E-state index in [1.54, 1.807) is 24.3 Å². The number of hydrogen-bond donors (Lipinski definition) is 1. The van der Waals surface area contributed by atoms with Crippen LogP contribution in [0.25, 0.3) is 0 Å². The van der Waals surface area contributed by atoms with Gasteiger partial charge < -0.3 is 5.73 Å². The van der Waals surface area contributed by atoms with Crippen molar-refractivity contribution in [2.24, 2.45) is 5.73 Å². The van der Waals surface area contributed by atoms with Crippen molar-refractivity contribution in [1.29, 1.82) is 5.26 Å². The Labute approximate surface area is 144 Å². The summed E-state index contributed by atoms with van der Waals surface area (Å²) in [5, 5.41) is 9.29. The van der Waals surface area contributed by atoms with E-state index in [1.165, 1.54) is 24.3 Å². The van der Waals surface area contributed by atoms with Gasteiger partial charge in [-0.25, -0.2) is 8.42 Å². The molecule has 3 unspecified atom stereocenters. The zero-order chi connectivity index (χ0) is 16.8. The summed E-state index contributed by atoms with van der Waals surface area (Å²) in [6, 6.07) is 14.5. The summed E-state index contributed by atoms with van der Waals surface area (Å²) in [6.07, 6.45) is 0. The van der Waals surface area contributed by atoms with Crippen molar-refractivity contribution >= 4 is 33.0 Å². The topological polar surface area (TPSA) is 83.9 Å². The third-order valence-electron chi connectivity index (χ3n) is 4.06. The molecule has 0 spiro atoms. The second-order valence-electron chi connectivity index (χ2n) is 5.50. The average Bonchev–Trinajstić information content (AvgIpc) is 3.15. The van der Waals surface area contributed by atoms with Crippen LogP contribution in [0.4, 0.5) is 0 Å². The molecule has 3 atom stereocenters. The molecule has 23 heavy (non-hydrogen) atoms. The van der Waals surface area contributed by atoms with Gasteiger partial charge in [-0.15, -0.1) is 0 Å². The van der Waals surface area contributed by atoms with E-state index in [0.29, 0.717) is 15.6 Å². The van der Waals surface area contributed by atoms with Crippen LogP contribution in [0, 0.1) is 11.3 Å². The fraction of sp³-hybridized carbons (Fsp3) is 0.188. The van der Waals surface area contributed by atoms with E-state index in [1.807, 2.05) is 6.07 Å². The fourth-order valence-electron chi connectivity index (χ4n) is 2.86. The summed E-state index contributed by atoms with van der Waals surface area (Å²) in [7, 11) is -3.76. The Kier molecular flexibility index (Phi) is 3.89. The van der Waals surface area contributed by atoms with E-state index in [-0.39, 0.29) is 4.90 Å². The maximum atomic E-state index is 12.8. The number of sulfone groups is 1. The molecule has 118 valence electrons. The van der Waals surface area contributed by atoms with E-state index in [9.17, 15) is 13.7 Å². The standard InChI is InChI=1S/C16H12Cl2N2O2S/c17-11-4-6-13(7-5-11)23(21,22)15-14(16(15,20)9-19)10-2-1-3-12(18)8-10/h1-8,14-15H,20H2. The van der Waals surface area contributed by atoms with Crippen LogP contribution in [0.2, 0.25) is 10.0 Å². The molecule has 0 saturated heterocycles. The summed E-state index contributed by atoms with van der Waals surface area (Å²) in [5.74, 6) is -0.619.